The normalized spacial score (nSPS) is 10.2. The summed E-state index contributed by atoms with van der Waals surface area (Å²) < 4.78 is 18.3. The van der Waals surface area contributed by atoms with Crippen LogP contribution < -0.4 is 0 Å². The van der Waals surface area contributed by atoms with Gasteiger partial charge in [0, 0.05) is 10.6 Å². The molecule has 4 heteroatoms. The molecule has 2 rings (SSSR count). The minimum Gasteiger partial charge on any atom is -0.468 e. The van der Waals surface area contributed by atoms with Gasteiger partial charge >= 0.3 is 0 Å². The Bertz CT molecular complexity index is 571. The number of benzene rings is 1. The molecule has 86 valence electrons. The largest absolute Gasteiger partial charge is 0.468 e. The minimum absolute atomic E-state index is 0.316. The maximum absolute atomic E-state index is 13.1. The molecule has 2 aromatic rings. The molecule has 1 aromatic heterocycles. The molecule has 0 fully saturated rings. The summed E-state index contributed by atoms with van der Waals surface area (Å²) in [7, 11) is 0. The standard InChI is InChI=1S/C13H10FNOS/c1-9-13(4-5-16-9)17-8-11-6-12(14)3-2-10(11)7-15/h2-6H,8H2,1H3. The van der Waals surface area contributed by atoms with E-state index >= 15 is 0 Å². The molecule has 0 amide bonds. The van der Waals surface area contributed by atoms with Crippen LogP contribution in [-0.4, -0.2) is 0 Å². The van der Waals surface area contributed by atoms with Crippen LogP contribution in [0.2, 0.25) is 0 Å². The molecule has 0 spiro atoms. The molecule has 1 aromatic carbocycles. The second-order valence-corrected chi connectivity index (χ2v) is 4.56. The number of halogens is 1. The van der Waals surface area contributed by atoms with E-state index in [-0.39, 0.29) is 5.82 Å². The van der Waals surface area contributed by atoms with E-state index < -0.39 is 0 Å². The zero-order chi connectivity index (χ0) is 12.3. The van der Waals surface area contributed by atoms with Crippen LogP contribution in [0.4, 0.5) is 4.39 Å². The lowest BCUT2D eigenvalue weighted by atomic mass is 10.1. The molecular weight excluding hydrogens is 237 g/mol. The van der Waals surface area contributed by atoms with Crippen molar-refractivity contribution < 1.29 is 8.81 Å². The molecule has 0 saturated carbocycles. The number of rotatable bonds is 3. The zero-order valence-electron chi connectivity index (χ0n) is 9.24. The van der Waals surface area contributed by atoms with Gasteiger partial charge in [0.2, 0.25) is 0 Å². The summed E-state index contributed by atoms with van der Waals surface area (Å²) in [5, 5.41) is 8.92. The van der Waals surface area contributed by atoms with Gasteiger partial charge in [-0.05, 0) is 36.8 Å². The van der Waals surface area contributed by atoms with Crippen molar-refractivity contribution in [2.24, 2.45) is 0 Å². The molecule has 0 N–H and O–H groups in total. The lowest BCUT2D eigenvalue weighted by molar-refractivity contribution is 0.527. The molecule has 0 aliphatic rings. The Morgan fingerprint density at radius 3 is 2.88 bits per heavy atom. The Morgan fingerprint density at radius 1 is 1.41 bits per heavy atom. The molecule has 17 heavy (non-hydrogen) atoms. The van der Waals surface area contributed by atoms with E-state index in [1.807, 2.05) is 13.0 Å². The number of hydrogen-bond acceptors (Lipinski definition) is 3. The highest BCUT2D eigenvalue weighted by Crippen LogP contribution is 2.28. The first-order valence-electron chi connectivity index (χ1n) is 5.06. The molecule has 0 atom stereocenters. The smallest absolute Gasteiger partial charge is 0.123 e. The first kappa shape index (κ1) is 11.7. The summed E-state index contributed by atoms with van der Waals surface area (Å²) in [6.45, 7) is 1.87. The van der Waals surface area contributed by atoms with Gasteiger partial charge in [0.1, 0.15) is 11.6 Å². The Labute approximate surface area is 103 Å². The van der Waals surface area contributed by atoms with Gasteiger partial charge in [0.25, 0.3) is 0 Å². The highest BCUT2D eigenvalue weighted by molar-refractivity contribution is 7.98. The van der Waals surface area contributed by atoms with Gasteiger partial charge in [-0.3, -0.25) is 0 Å². The van der Waals surface area contributed by atoms with Crippen molar-refractivity contribution in [2.75, 3.05) is 0 Å². The highest BCUT2D eigenvalue weighted by Gasteiger charge is 2.07. The third-order valence-electron chi connectivity index (χ3n) is 2.38. The Kier molecular flexibility index (Phi) is 3.50. The van der Waals surface area contributed by atoms with Crippen molar-refractivity contribution >= 4 is 11.8 Å². The number of nitrogens with zero attached hydrogens (tertiary/aromatic N) is 1. The van der Waals surface area contributed by atoms with E-state index in [4.69, 9.17) is 9.68 Å². The van der Waals surface area contributed by atoms with Gasteiger partial charge in [-0.2, -0.15) is 5.26 Å². The lowest BCUT2D eigenvalue weighted by Crippen LogP contribution is -1.89. The molecule has 0 bridgehead atoms. The predicted molar refractivity (Wildman–Crippen MR) is 64.1 cm³/mol. The number of aryl methyl sites for hydroxylation is 1. The summed E-state index contributed by atoms with van der Waals surface area (Å²) in [6, 6.07) is 8.14. The fourth-order valence-corrected chi connectivity index (χ4v) is 2.42. The van der Waals surface area contributed by atoms with Crippen LogP contribution in [0.3, 0.4) is 0 Å². The van der Waals surface area contributed by atoms with Crippen molar-refractivity contribution in [2.45, 2.75) is 17.6 Å². The van der Waals surface area contributed by atoms with E-state index in [1.54, 1.807) is 6.26 Å². The minimum atomic E-state index is -0.316. The van der Waals surface area contributed by atoms with Crippen molar-refractivity contribution in [1.82, 2.24) is 0 Å². The first-order chi connectivity index (χ1) is 8.20. The number of nitriles is 1. The van der Waals surface area contributed by atoms with E-state index in [2.05, 4.69) is 6.07 Å². The van der Waals surface area contributed by atoms with Gasteiger partial charge in [-0.15, -0.1) is 11.8 Å². The third-order valence-corrected chi connectivity index (χ3v) is 3.57. The summed E-state index contributed by atoms with van der Waals surface area (Å²) in [4.78, 5) is 1.01. The SMILES string of the molecule is Cc1occc1SCc1cc(F)ccc1C#N. The summed E-state index contributed by atoms with van der Waals surface area (Å²) in [6.07, 6.45) is 1.62. The van der Waals surface area contributed by atoms with Crippen LogP contribution >= 0.6 is 11.8 Å². The maximum Gasteiger partial charge on any atom is 0.123 e. The molecule has 0 radical (unpaired) electrons. The van der Waals surface area contributed by atoms with Crippen LogP contribution in [-0.2, 0) is 5.75 Å². The Morgan fingerprint density at radius 2 is 2.24 bits per heavy atom. The van der Waals surface area contributed by atoms with Crippen molar-refractivity contribution in [3.8, 4) is 6.07 Å². The van der Waals surface area contributed by atoms with Crippen molar-refractivity contribution in [3.63, 3.8) is 0 Å². The second-order valence-electron chi connectivity index (χ2n) is 3.54. The molecule has 1 heterocycles. The van der Waals surface area contributed by atoms with Crippen molar-refractivity contribution in [3.05, 3.63) is 53.2 Å². The monoisotopic (exact) mass is 247 g/mol. The number of furan rings is 1. The topological polar surface area (TPSA) is 36.9 Å². The van der Waals surface area contributed by atoms with Crippen LogP contribution in [0, 0.1) is 24.1 Å². The van der Waals surface area contributed by atoms with Gasteiger partial charge in [0.15, 0.2) is 0 Å². The summed E-state index contributed by atoms with van der Waals surface area (Å²) >= 11 is 1.53. The fraction of sp³-hybridized carbons (Fsp3) is 0.154. The highest BCUT2D eigenvalue weighted by atomic mass is 32.2. The van der Waals surface area contributed by atoms with Gasteiger partial charge in [-0.25, -0.2) is 4.39 Å². The lowest BCUT2D eigenvalue weighted by Gasteiger charge is -2.03. The van der Waals surface area contributed by atoms with Gasteiger partial charge in [-0.1, -0.05) is 0 Å². The van der Waals surface area contributed by atoms with Crippen LogP contribution in [0.25, 0.3) is 0 Å². The molecule has 0 aliphatic heterocycles. The zero-order valence-corrected chi connectivity index (χ0v) is 10.1. The Balaban J connectivity index is 2.17. The average molecular weight is 247 g/mol. The third kappa shape index (κ3) is 2.69. The molecule has 0 aliphatic carbocycles. The predicted octanol–water partition coefficient (Wildman–Crippen LogP) is 3.89. The van der Waals surface area contributed by atoms with Gasteiger partial charge in [0.05, 0.1) is 17.9 Å². The van der Waals surface area contributed by atoms with Crippen LogP contribution in [0.15, 0.2) is 39.8 Å². The number of hydrogen-bond donors (Lipinski definition) is 0. The van der Waals surface area contributed by atoms with Crippen LogP contribution in [0.5, 0.6) is 0 Å². The summed E-state index contributed by atoms with van der Waals surface area (Å²) in [5.41, 5.74) is 1.22. The fourth-order valence-electron chi connectivity index (χ4n) is 1.47. The maximum atomic E-state index is 13.1. The second kappa shape index (κ2) is 5.07. The van der Waals surface area contributed by atoms with E-state index in [9.17, 15) is 4.39 Å². The van der Waals surface area contributed by atoms with E-state index in [0.717, 1.165) is 10.7 Å². The van der Waals surface area contributed by atoms with E-state index in [0.29, 0.717) is 16.9 Å². The van der Waals surface area contributed by atoms with Gasteiger partial charge < -0.3 is 4.42 Å². The molecule has 0 saturated heterocycles. The average Bonchev–Trinajstić information content (AvgIpc) is 2.72. The quantitative estimate of drug-likeness (QED) is 0.772. The summed E-state index contributed by atoms with van der Waals surface area (Å²) in [5.74, 6) is 1.08. The molecule has 2 nitrogen and oxygen atoms in total. The number of thioether (sulfide) groups is 1. The molecular formula is C13H10FNOS. The Hall–Kier alpha value is -1.73. The van der Waals surface area contributed by atoms with E-state index in [1.165, 1.54) is 30.0 Å². The van der Waals surface area contributed by atoms with Crippen molar-refractivity contribution in [1.29, 1.82) is 5.26 Å². The first-order valence-corrected chi connectivity index (χ1v) is 6.04. The van der Waals surface area contributed by atoms with Crippen LogP contribution in [0.1, 0.15) is 16.9 Å². The molecule has 0 unspecified atom stereocenters.